The number of amides is 3. The lowest BCUT2D eigenvalue weighted by molar-refractivity contribution is -0.202. The molecule has 2 N–H and O–H groups in total. The molecule has 344 valence electrons. The van der Waals surface area contributed by atoms with E-state index in [4.69, 9.17) is 4.74 Å². The molecule has 1 aromatic rings. The summed E-state index contributed by atoms with van der Waals surface area (Å²) in [4.78, 5) is 61.9. The van der Waals surface area contributed by atoms with E-state index in [1.807, 2.05) is 69.9 Å². The van der Waals surface area contributed by atoms with Crippen molar-refractivity contribution in [2.24, 2.45) is 56.2 Å². The van der Waals surface area contributed by atoms with Gasteiger partial charge >= 0.3 is 6.09 Å². The van der Waals surface area contributed by atoms with Crippen LogP contribution in [0.5, 0.6) is 0 Å². The van der Waals surface area contributed by atoms with Crippen molar-refractivity contribution >= 4 is 23.7 Å². The Balaban J connectivity index is 1.17. The van der Waals surface area contributed by atoms with Gasteiger partial charge in [-0.25, -0.2) is 4.79 Å². The zero-order chi connectivity index (χ0) is 45.4. The van der Waals surface area contributed by atoms with E-state index in [1.54, 1.807) is 4.90 Å². The van der Waals surface area contributed by atoms with Crippen LogP contribution in [0.4, 0.5) is 4.79 Å². The number of rotatable bonds is 8. The number of ketones is 1. The number of hydrogen-bond donors (Lipinski definition) is 2. The summed E-state index contributed by atoms with van der Waals surface area (Å²) >= 11 is 0. The number of fused-ring (bicyclic) bond motifs is 7. The van der Waals surface area contributed by atoms with E-state index in [-0.39, 0.29) is 86.6 Å². The van der Waals surface area contributed by atoms with Crippen LogP contribution in [0.15, 0.2) is 42.0 Å². The van der Waals surface area contributed by atoms with Crippen LogP contribution in [0.2, 0.25) is 0 Å². The molecule has 3 amide bonds. The van der Waals surface area contributed by atoms with E-state index in [0.29, 0.717) is 32.5 Å². The summed E-state index contributed by atoms with van der Waals surface area (Å²) in [6.45, 7) is 27.5. The average molecular weight is 856 g/mol. The van der Waals surface area contributed by atoms with Gasteiger partial charge in [-0.15, -0.1) is 0 Å². The van der Waals surface area contributed by atoms with E-state index in [2.05, 4.69) is 59.9 Å². The Morgan fingerprint density at radius 2 is 1.53 bits per heavy atom. The summed E-state index contributed by atoms with van der Waals surface area (Å²) < 4.78 is 5.68. The highest BCUT2D eigenvalue weighted by Gasteiger charge is 2.70. The monoisotopic (exact) mass is 856 g/mol. The molecular formula is C53H81N3O6. The fraction of sp³-hybridized carbons (Fsp3) is 0.774. The maximum atomic E-state index is 15.6. The van der Waals surface area contributed by atoms with E-state index in [9.17, 15) is 14.7 Å². The predicted octanol–water partition coefficient (Wildman–Crippen LogP) is 10.3. The number of likely N-dealkylation sites (tertiary alicyclic amines) is 1. The first-order valence-electron chi connectivity index (χ1n) is 24.4. The normalized spacial score (nSPS) is 37.5. The smallest absolute Gasteiger partial charge is 0.410 e. The van der Waals surface area contributed by atoms with Crippen LogP contribution in [0.3, 0.4) is 0 Å². The van der Waals surface area contributed by atoms with E-state index in [1.165, 1.54) is 5.57 Å². The van der Waals surface area contributed by atoms with Gasteiger partial charge in [0.2, 0.25) is 11.8 Å². The molecule has 4 saturated carbocycles. The van der Waals surface area contributed by atoms with Gasteiger partial charge in [0, 0.05) is 37.0 Å². The molecule has 0 aromatic heterocycles. The highest BCUT2D eigenvalue weighted by atomic mass is 16.6. The number of ether oxygens (including phenoxy) is 1. The minimum atomic E-state index is -0.723. The minimum Gasteiger partial charge on any atom is -0.444 e. The number of nitrogens with zero attached hydrogens (tertiary/aromatic N) is 2. The van der Waals surface area contributed by atoms with Crippen LogP contribution in [-0.4, -0.2) is 75.5 Å². The summed E-state index contributed by atoms with van der Waals surface area (Å²) in [6, 6.07) is 9.03. The molecule has 5 aliphatic carbocycles. The Kier molecular flexibility index (Phi) is 12.3. The highest BCUT2D eigenvalue weighted by molar-refractivity contribution is 5.96. The molecule has 0 radical (unpaired) electrons. The third-order valence-corrected chi connectivity index (χ3v) is 18.6. The van der Waals surface area contributed by atoms with Gasteiger partial charge in [-0.3, -0.25) is 14.4 Å². The molecule has 7 rings (SSSR count). The minimum absolute atomic E-state index is 0.0239. The maximum Gasteiger partial charge on any atom is 0.410 e. The molecular weight excluding hydrogens is 775 g/mol. The third-order valence-electron chi connectivity index (χ3n) is 18.6. The molecule has 62 heavy (non-hydrogen) atoms. The second kappa shape index (κ2) is 16.3. The number of benzene rings is 1. The Bertz CT molecular complexity index is 1910. The number of piperidine rings is 1. The highest BCUT2D eigenvalue weighted by Crippen LogP contribution is 2.75. The molecule has 10 atom stereocenters. The Morgan fingerprint density at radius 1 is 0.887 bits per heavy atom. The standard InChI is InChI=1S/C53H81N3O6/c1-34(2)56(39(44(59)54-33-36-16-14-13-15-17-36)30-35-20-28-55(29-21-35)46(61)62-47(3,4)5)45(60)50(9)25-24-49(8)26-27-52(11)37(38(49)32-50)31-40(57)43-51(10)22-19-42(58)48(6,7)41(51)18-23-53(43,52)12/h13-17,31,34-35,38-39,41-43,58H,18-30,32-33H2,1-12H3,(H,54,59)/t38-,39+,41-,42-,43+,49+,50-,51-,52+,53+/m0/s1. The number of hydrogen-bond acceptors (Lipinski definition) is 6. The van der Waals surface area contributed by atoms with Crippen LogP contribution >= 0.6 is 0 Å². The molecule has 1 saturated heterocycles. The zero-order valence-corrected chi connectivity index (χ0v) is 40.5. The van der Waals surface area contributed by atoms with Gasteiger partial charge in [0.1, 0.15) is 11.6 Å². The van der Waals surface area contributed by atoms with Gasteiger partial charge in [-0.05, 0) is 168 Å². The van der Waals surface area contributed by atoms with Gasteiger partial charge in [0.05, 0.1) is 6.10 Å². The van der Waals surface area contributed by atoms with Gasteiger partial charge < -0.3 is 25.0 Å². The first-order valence-corrected chi connectivity index (χ1v) is 24.4. The van der Waals surface area contributed by atoms with Crippen molar-refractivity contribution in [3.05, 3.63) is 47.5 Å². The van der Waals surface area contributed by atoms with Crippen LogP contribution in [0.1, 0.15) is 166 Å². The molecule has 1 heterocycles. The molecule has 0 bridgehead atoms. The molecule has 6 aliphatic rings. The molecule has 9 heteroatoms. The predicted molar refractivity (Wildman–Crippen MR) is 245 cm³/mol. The van der Waals surface area contributed by atoms with E-state index < -0.39 is 17.1 Å². The van der Waals surface area contributed by atoms with Crippen LogP contribution in [0, 0.1) is 56.2 Å². The number of aliphatic hydroxyl groups excluding tert-OH is 1. The van der Waals surface area contributed by atoms with Crippen molar-refractivity contribution in [2.45, 2.75) is 190 Å². The molecule has 0 unspecified atom stereocenters. The number of allylic oxidation sites excluding steroid dienone is 2. The topological polar surface area (TPSA) is 116 Å². The van der Waals surface area contributed by atoms with Crippen molar-refractivity contribution in [1.82, 2.24) is 15.1 Å². The molecule has 0 spiro atoms. The molecule has 5 fully saturated rings. The van der Waals surface area contributed by atoms with Gasteiger partial charge in [0.15, 0.2) is 5.78 Å². The van der Waals surface area contributed by atoms with Crippen molar-refractivity contribution in [3.8, 4) is 0 Å². The first-order chi connectivity index (χ1) is 28.8. The number of carbonyl (C=O) groups excluding carboxylic acids is 4. The summed E-state index contributed by atoms with van der Waals surface area (Å²) in [5.74, 6) is 0.576. The summed E-state index contributed by atoms with van der Waals surface area (Å²) in [5, 5.41) is 14.4. The third kappa shape index (κ3) is 7.99. The number of nitrogens with one attached hydrogen (secondary N) is 1. The lowest BCUT2D eigenvalue weighted by Crippen LogP contribution is -2.66. The largest absolute Gasteiger partial charge is 0.444 e. The second-order valence-corrected chi connectivity index (χ2v) is 24.3. The summed E-state index contributed by atoms with van der Waals surface area (Å²) in [5.41, 5.74) is 0.126. The quantitative estimate of drug-likeness (QED) is 0.269. The summed E-state index contributed by atoms with van der Waals surface area (Å²) in [6.07, 6.45) is 11.4. The Labute approximate surface area is 373 Å². The first kappa shape index (κ1) is 46.8. The second-order valence-electron chi connectivity index (χ2n) is 24.3. The molecule has 9 nitrogen and oxygen atoms in total. The zero-order valence-electron chi connectivity index (χ0n) is 40.5. The van der Waals surface area contributed by atoms with E-state index in [0.717, 1.165) is 69.8 Å². The summed E-state index contributed by atoms with van der Waals surface area (Å²) in [7, 11) is 0. The fourth-order valence-electron chi connectivity index (χ4n) is 14.7. The molecule has 1 aliphatic heterocycles. The van der Waals surface area contributed by atoms with Crippen LogP contribution in [0.25, 0.3) is 0 Å². The lowest BCUT2D eigenvalue weighted by Gasteiger charge is -2.70. The SMILES string of the molecule is CC(C)N(C(=O)[C@@]1(C)CC[C@]2(C)CC[C@]3(C)C(=CC(=O)[C@@H]4[C@@]5(C)CC[C@H](O)C(C)(C)[C@@H]5CC[C@]43C)[C@@H]2C1)[C@H](CC1CCN(C(=O)OC(C)(C)C)CC1)C(=O)NCc1ccccc1. The number of carbonyl (C=O) groups is 4. The average Bonchev–Trinajstić information content (AvgIpc) is 3.19. The fourth-order valence-corrected chi connectivity index (χ4v) is 14.7. The van der Waals surface area contributed by atoms with Crippen molar-refractivity contribution in [2.75, 3.05) is 13.1 Å². The van der Waals surface area contributed by atoms with Crippen LogP contribution < -0.4 is 5.32 Å². The molecule has 1 aromatic carbocycles. The number of aliphatic hydroxyl groups is 1. The van der Waals surface area contributed by atoms with E-state index >= 15 is 9.59 Å². The van der Waals surface area contributed by atoms with Crippen molar-refractivity contribution in [1.29, 1.82) is 0 Å². The van der Waals surface area contributed by atoms with Gasteiger partial charge in [-0.2, -0.15) is 0 Å². The van der Waals surface area contributed by atoms with Crippen molar-refractivity contribution < 1.29 is 29.0 Å². The Hall–Kier alpha value is -3.20. The van der Waals surface area contributed by atoms with Crippen molar-refractivity contribution in [3.63, 3.8) is 0 Å². The van der Waals surface area contributed by atoms with Gasteiger partial charge in [0.25, 0.3) is 0 Å². The maximum absolute atomic E-state index is 15.6. The lowest BCUT2D eigenvalue weighted by atomic mass is 9.33. The Morgan fingerprint density at radius 3 is 2.16 bits per heavy atom. The van der Waals surface area contributed by atoms with Gasteiger partial charge in [-0.1, -0.05) is 84.4 Å². The van der Waals surface area contributed by atoms with Crippen LogP contribution in [-0.2, 0) is 25.7 Å².